The van der Waals surface area contributed by atoms with Crippen molar-refractivity contribution in [1.82, 2.24) is 15.0 Å². The molecule has 150 valence electrons. The highest BCUT2D eigenvalue weighted by Gasteiger charge is 2.39. The van der Waals surface area contributed by atoms with Gasteiger partial charge in [0.1, 0.15) is 0 Å². The summed E-state index contributed by atoms with van der Waals surface area (Å²) in [7, 11) is 0. The molecule has 0 saturated heterocycles. The van der Waals surface area contributed by atoms with Crippen LogP contribution in [0, 0.1) is 0 Å². The summed E-state index contributed by atoms with van der Waals surface area (Å²) in [4.78, 5) is 32.6. The van der Waals surface area contributed by atoms with E-state index in [9.17, 15) is 9.59 Å². The van der Waals surface area contributed by atoms with E-state index >= 15 is 0 Å². The number of fused-ring (bicyclic) bond motifs is 2. The third-order valence-corrected chi connectivity index (χ3v) is 6.72. The number of hydrogen-bond acceptors (Lipinski definition) is 3. The van der Waals surface area contributed by atoms with Crippen molar-refractivity contribution in [3.05, 3.63) is 71.5 Å². The molecule has 4 aromatic rings. The number of nitrogens with one attached hydrogen (secondary N) is 2. The molecule has 0 spiro atoms. The second-order valence-corrected chi connectivity index (χ2v) is 8.15. The van der Waals surface area contributed by atoms with E-state index in [4.69, 9.17) is 5.84 Å². The highest BCUT2D eigenvalue weighted by molar-refractivity contribution is 9.09. The van der Waals surface area contributed by atoms with Crippen LogP contribution in [0.1, 0.15) is 29.5 Å². The van der Waals surface area contributed by atoms with Gasteiger partial charge in [-0.2, -0.15) is 0 Å². The molecule has 2 aromatic carbocycles. The van der Waals surface area contributed by atoms with Crippen LogP contribution in [0.15, 0.2) is 54.9 Å². The lowest BCUT2D eigenvalue weighted by Gasteiger charge is -2.10. The molecule has 1 unspecified atom stereocenters. The summed E-state index contributed by atoms with van der Waals surface area (Å²) in [6.07, 6.45) is 3.61. The Balaban J connectivity index is 1.82. The summed E-state index contributed by atoms with van der Waals surface area (Å²) >= 11 is 3.55. The Morgan fingerprint density at radius 1 is 0.967 bits per heavy atom. The van der Waals surface area contributed by atoms with Gasteiger partial charge < -0.3 is 9.97 Å². The lowest BCUT2D eigenvalue weighted by Crippen LogP contribution is -2.37. The van der Waals surface area contributed by atoms with Crippen LogP contribution >= 0.6 is 15.9 Å². The lowest BCUT2D eigenvalue weighted by molar-refractivity contribution is -0.136. The van der Waals surface area contributed by atoms with Crippen LogP contribution < -0.4 is 5.84 Å². The summed E-state index contributed by atoms with van der Waals surface area (Å²) in [6.45, 7) is 2.13. The zero-order valence-corrected chi connectivity index (χ0v) is 17.8. The Labute approximate surface area is 180 Å². The average molecular weight is 463 g/mol. The molecule has 2 aromatic heterocycles. The molecule has 6 nitrogen and oxygen atoms in total. The highest BCUT2D eigenvalue weighted by atomic mass is 79.9. The number of amides is 2. The molecular weight excluding hydrogens is 444 g/mol. The molecule has 0 aliphatic carbocycles. The van der Waals surface area contributed by atoms with Gasteiger partial charge in [-0.05, 0) is 22.9 Å². The van der Waals surface area contributed by atoms with Crippen LogP contribution in [0.25, 0.3) is 33.0 Å². The van der Waals surface area contributed by atoms with E-state index in [1.807, 2.05) is 42.6 Å². The molecule has 1 aliphatic heterocycles. The molecule has 0 radical (unpaired) electrons. The van der Waals surface area contributed by atoms with E-state index in [0.29, 0.717) is 27.3 Å². The van der Waals surface area contributed by atoms with Gasteiger partial charge in [0.05, 0.1) is 16.7 Å². The molecule has 1 atom stereocenters. The van der Waals surface area contributed by atoms with Gasteiger partial charge >= 0.3 is 0 Å². The van der Waals surface area contributed by atoms with E-state index in [1.54, 1.807) is 6.20 Å². The number of carbonyl (C=O) groups excluding carboxylic acids is 2. The first kappa shape index (κ1) is 18.8. The minimum Gasteiger partial charge on any atom is -0.361 e. The predicted octanol–water partition coefficient (Wildman–Crippen LogP) is 4.30. The Morgan fingerprint density at radius 3 is 2.47 bits per heavy atom. The summed E-state index contributed by atoms with van der Waals surface area (Å²) in [6, 6.07) is 13.6. The van der Waals surface area contributed by atoms with Crippen molar-refractivity contribution in [2.24, 2.45) is 5.84 Å². The molecule has 0 bridgehead atoms. The molecule has 0 saturated carbocycles. The van der Waals surface area contributed by atoms with Gasteiger partial charge in [0.2, 0.25) is 0 Å². The fourth-order valence-electron chi connectivity index (χ4n) is 4.22. The average Bonchev–Trinajstić information content (AvgIpc) is 3.46. The number of alkyl halides is 1. The maximum absolute atomic E-state index is 13.1. The van der Waals surface area contributed by atoms with Gasteiger partial charge in [-0.25, -0.2) is 10.9 Å². The first-order chi connectivity index (χ1) is 14.5. The number of benzene rings is 2. The van der Waals surface area contributed by atoms with Crippen LogP contribution in [0.5, 0.6) is 0 Å². The van der Waals surface area contributed by atoms with Crippen molar-refractivity contribution in [3.8, 4) is 0 Å². The zero-order valence-electron chi connectivity index (χ0n) is 16.2. The number of imide groups is 1. The van der Waals surface area contributed by atoms with Crippen molar-refractivity contribution in [3.63, 3.8) is 0 Å². The van der Waals surface area contributed by atoms with Crippen LogP contribution in [0.4, 0.5) is 0 Å². The van der Waals surface area contributed by atoms with E-state index in [0.717, 1.165) is 32.7 Å². The first-order valence-electron chi connectivity index (χ1n) is 9.63. The SMILES string of the molecule is CC(CBr)c1cccc2c(C3=C(c4cccc5cc[nH]c45)C(=O)N(N)C3=O)c[nH]c12. The van der Waals surface area contributed by atoms with Gasteiger partial charge in [-0.3, -0.25) is 9.59 Å². The maximum atomic E-state index is 13.1. The van der Waals surface area contributed by atoms with E-state index < -0.39 is 11.8 Å². The number of H-pyrrole nitrogens is 2. The largest absolute Gasteiger partial charge is 0.361 e. The van der Waals surface area contributed by atoms with E-state index in [1.165, 1.54) is 0 Å². The standard InChI is InChI=1S/C23H19BrN4O2/c1-12(10-24)14-5-3-6-15-17(11-27-21(14)15)19-18(22(29)28(25)23(19)30)16-7-2-4-13-8-9-26-20(13)16/h2-9,11-12,26-27H,10,25H2,1H3. The van der Waals surface area contributed by atoms with Crippen molar-refractivity contribution in [2.75, 3.05) is 5.33 Å². The quantitative estimate of drug-likeness (QED) is 0.182. The summed E-state index contributed by atoms with van der Waals surface area (Å²) in [5, 5.41) is 3.37. The third-order valence-electron chi connectivity index (χ3n) is 5.75. The highest BCUT2D eigenvalue weighted by Crippen LogP contribution is 2.40. The van der Waals surface area contributed by atoms with Gasteiger partial charge in [-0.1, -0.05) is 59.3 Å². The Morgan fingerprint density at radius 2 is 1.70 bits per heavy atom. The van der Waals surface area contributed by atoms with E-state index in [-0.39, 0.29) is 5.92 Å². The minimum absolute atomic E-state index is 0.285. The molecular formula is C23H19BrN4O2. The van der Waals surface area contributed by atoms with Crippen LogP contribution in [-0.4, -0.2) is 32.1 Å². The van der Waals surface area contributed by atoms with Crippen LogP contribution in [0.2, 0.25) is 0 Å². The van der Waals surface area contributed by atoms with Gasteiger partial charge in [0.15, 0.2) is 0 Å². The van der Waals surface area contributed by atoms with Gasteiger partial charge in [0, 0.05) is 39.8 Å². The van der Waals surface area contributed by atoms with Crippen molar-refractivity contribution in [1.29, 1.82) is 0 Å². The number of aromatic amines is 2. The fourth-order valence-corrected chi connectivity index (χ4v) is 4.57. The van der Waals surface area contributed by atoms with Gasteiger partial charge in [0.25, 0.3) is 11.8 Å². The Hall–Kier alpha value is -3.16. The van der Waals surface area contributed by atoms with Crippen LogP contribution in [-0.2, 0) is 9.59 Å². The molecule has 0 fully saturated rings. The fraction of sp³-hybridized carbons (Fsp3) is 0.130. The van der Waals surface area contributed by atoms with Crippen molar-refractivity contribution < 1.29 is 9.59 Å². The number of para-hydroxylation sites is 2. The predicted molar refractivity (Wildman–Crippen MR) is 122 cm³/mol. The number of halogens is 1. The van der Waals surface area contributed by atoms with E-state index in [2.05, 4.69) is 38.9 Å². The number of hydrazine groups is 1. The number of aromatic nitrogens is 2. The first-order valence-corrected chi connectivity index (χ1v) is 10.8. The molecule has 2 amide bonds. The van der Waals surface area contributed by atoms with Crippen molar-refractivity contribution in [2.45, 2.75) is 12.8 Å². The topological polar surface area (TPSA) is 95.0 Å². The number of rotatable bonds is 4. The Bertz CT molecular complexity index is 1360. The molecule has 5 rings (SSSR count). The molecule has 4 N–H and O–H groups in total. The van der Waals surface area contributed by atoms with Crippen molar-refractivity contribution >= 4 is 60.7 Å². The zero-order chi connectivity index (χ0) is 21.0. The molecule has 30 heavy (non-hydrogen) atoms. The normalized spacial score (nSPS) is 15.8. The Kier molecular flexibility index (Phi) is 4.38. The second kappa shape index (κ2) is 6.97. The number of hydrogen-bond donors (Lipinski definition) is 3. The molecule has 7 heteroatoms. The summed E-state index contributed by atoms with van der Waals surface area (Å²) in [5.41, 5.74) is 4.88. The second-order valence-electron chi connectivity index (χ2n) is 7.51. The molecule has 3 heterocycles. The minimum atomic E-state index is -0.503. The lowest BCUT2D eigenvalue weighted by atomic mass is 9.93. The number of nitrogens with zero attached hydrogens (tertiary/aromatic N) is 1. The number of nitrogens with two attached hydrogens (primary N) is 1. The monoisotopic (exact) mass is 462 g/mol. The maximum Gasteiger partial charge on any atom is 0.276 e. The summed E-state index contributed by atoms with van der Waals surface area (Å²) < 4.78 is 0. The van der Waals surface area contributed by atoms with Crippen LogP contribution in [0.3, 0.4) is 0 Å². The third kappa shape index (κ3) is 2.59. The summed E-state index contributed by atoms with van der Waals surface area (Å²) in [5.74, 6) is 5.16. The smallest absolute Gasteiger partial charge is 0.276 e. The van der Waals surface area contributed by atoms with Gasteiger partial charge in [-0.15, -0.1) is 0 Å². The number of carbonyl (C=O) groups is 2. The molecule has 1 aliphatic rings.